The number of carbonyl (C=O) groups is 2. The highest BCUT2D eigenvalue weighted by Gasteiger charge is 2.35. The number of rotatable bonds is 15. The largest absolute Gasteiger partial charge is 0.497 e. The number of nitrogens with zero attached hydrogens (tertiary/aromatic N) is 2. The number of nitrogens with one attached hydrogen (secondary N) is 1. The molecule has 0 unspecified atom stereocenters. The zero-order chi connectivity index (χ0) is 32.2. The Morgan fingerprint density at radius 1 is 0.867 bits per heavy atom. The second-order valence-corrected chi connectivity index (χ2v) is 12.8. The number of sulfonamides is 1. The molecule has 10 heteroatoms. The van der Waals surface area contributed by atoms with Gasteiger partial charge in [-0.25, -0.2) is 8.42 Å². The highest BCUT2D eigenvalue weighted by molar-refractivity contribution is 7.92. The molecule has 0 aliphatic heterocycles. The number of hydrogen-bond acceptors (Lipinski definition) is 5. The van der Waals surface area contributed by atoms with E-state index in [-0.39, 0.29) is 34.5 Å². The average Bonchev–Trinajstić information content (AvgIpc) is 3.06. The van der Waals surface area contributed by atoms with Crippen molar-refractivity contribution in [1.82, 2.24) is 10.2 Å². The number of amides is 2. The van der Waals surface area contributed by atoms with Gasteiger partial charge in [0.15, 0.2) is 0 Å². The van der Waals surface area contributed by atoms with E-state index in [9.17, 15) is 18.0 Å². The van der Waals surface area contributed by atoms with Gasteiger partial charge in [0.2, 0.25) is 11.8 Å². The van der Waals surface area contributed by atoms with Gasteiger partial charge in [-0.3, -0.25) is 13.9 Å². The Labute approximate surface area is 270 Å². The summed E-state index contributed by atoms with van der Waals surface area (Å²) in [6.45, 7) is 1.94. The lowest BCUT2D eigenvalue weighted by Gasteiger charge is -2.34. The number of unbranched alkanes of at least 4 members (excludes halogenated alkanes) is 1. The van der Waals surface area contributed by atoms with Crippen LogP contribution in [0.3, 0.4) is 0 Å². The van der Waals surface area contributed by atoms with Crippen molar-refractivity contribution in [3.8, 4) is 5.75 Å². The van der Waals surface area contributed by atoms with Gasteiger partial charge >= 0.3 is 0 Å². The maximum atomic E-state index is 14.5. The standard InChI is InChI=1S/C35H38ClN3O5S/c1-3-4-22-37-35(41)33(24-27-14-7-5-8-15-27)38(25-28-16-13-17-29(23-28)44-2)34(40)26-39(32-21-12-11-20-31(32)36)45(42,43)30-18-9-6-10-19-30/h5-21,23,33H,3-4,22,24-26H2,1-2H3,(H,37,41)/t33-/m1/s1. The molecule has 0 spiro atoms. The molecular formula is C35H38ClN3O5S. The van der Waals surface area contributed by atoms with Crippen molar-refractivity contribution in [2.24, 2.45) is 0 Å². The molecule has 0 radical (unpaired) electrons. The van der Waals surface area contributed by atoms with Crippen molar-refractivity contribution < 1.29 is 22.7 Å². The molecule has 4 aromatic carbocycles. The lowest BCUT2D eigenvalue weighted by Crippen LogP contribution is -2.53. The molecule has 45 heavy (non-hydrogen) atoms. The Kier molecular flexibility index (Phi) is 12.0. The van der Waals surface area contributed by atoms with Crippen LogP contribution >= 0.6 is 11.6 Å². The second-order valence-electron chi connectivity index (χ2n) is 10.5. The van der Waals surface area contributed by atoms with E-state index < -0.39 is 28.5 Å². The zero-order valence-corrected chi connectivity index (χ0v) is 27.0. The third kappa shape index (κ3) is 8.86. The Bertz CT molecular complexity index is 1670. The minimum absolute atomic E-state index is 0.00945. The van der Waals surface area contributed by atoms with E-state index in [0.29, 0.717) is 12.3 Å². The predicted octanol–water partition coefficient (Wildman–Crippen LogP) is 6.10. The maximum absolute atomic E-state index is 14.5. The van der Waals surface area contributed by atoms with Crippen LogP contribution in [-0.2, 0) is 32.6 Å². The Morgan fingerprint density at radius 3 is 2.18 bits per heavy atom. The summed E-state index contributed by atoms with van der Waals surface area (Å²) in [7, 11) is -2.68. The topological polar surface area (TPSA) is 96.0 Å². The number of para-hydroxylation sites is 1. The summed E-state index contributed by atoms with van der Waals surface area (Å²) in [6, 6.07) is 30.1. The zero-order valence-electron chi connectivity index (χ0n) is 25.4. The molecule has 0 bridgehead atoms. The first-order valence-electron chi connectivity index (χ1n) is 14.8. The van der Waals surface area contributed by atoms with Gasteiger partial charge in [-0.2, -0.15) is 0 Å². The van der Waals surface area contributed by atoms with Crippen LogP contribution in [0.4, 0.5) is 5.69 Å². The van der Waals surface area contributed by atoms with E-state index >= 15 is 0 Å². The van der Waals surface area contributed by atoms with E-state index in [1.54, 1.807) is 67.8 Å². The summed E-state index contributed by atoms with van der Waals surface area (Å²) < 4.78 is 34.5. The third-order valence-corrected chi connectivity index (χ3v) is 9.41. The van der Waals surface area contributed by atoms with Crippen molar-refractivity contribution in [1.29, 1.82) is 0 Å². The lowest BCUT2D eigenvalue weighted by molar-refractivity contribution is -0.140. The fourth-order valence-electron chi connectivity index (χ4n) is 4.91. The Hall–Kier alpha value is -4.34. The molecule has 4 rings (SSSR count). The fourth-order valence-corrected chi connectivity index (χ4v) is 6.66. The molecule has 236 valence electrons. The SMILES string of the molecule is CCCCNC(=O)[C@@H](Cc1ccccc1)N(Cc1cccc(OC)c1)C(=O)CN(c1ccccc1Cl)S(=O)(=O)c1ccccc1. The molecule has 0 saturated heterocycles. The number of anilines is 1. The monoisotopic (exact) mass is 647 g/mol. The molecule has 4 aromatic rings. The molecule has 0 aromatic heterocycles. The number of carbonyl (C=O) groups excluding carboxylic acids is 2. The van der Waals surface area contributed by atoms with Crippen LogP contribution in [0.1, 0.15) is 30.9 Å². The van der Waals surface area contributed by atoms with E-state index in [4.69, 9.17) is 16.3 Å². The molecule has 8 nitrogen and oxygen atoms in total. The van der Waals surface area contributed by atoms with Crippen molar-refractivity contribution in [2.75, 3.05) is 24.5 Å². The summed E-state index contributed by atoms with van der Waals surface area (Å²) in [4.78, 5) is 29.8. The van der Waals surface area contributed by atoms with Gasteiger partial charge in [0, 0.05) is 19.5 Å². The second kappa shape index (κ2) is 16.1. The van der Waals surface area contributed by atoms with Crippen LogP contribution in [0.5, 0.6) is 5.75 Å². The molecule has 1 atom stereocenters. The summed E-state index contributed by atoms with van der Waals surface area (Å²) in [5, 5.41) is 3.16. The minimum Gasteiger partial charge on any atom is -0.497 e. The van der Waals surface area contributed by atoms with Gasteiger partial charge in [0.1, 0.15) is 18.3 Å². The number of methoxy groups -OCH3 is 1. The summed E-state index contributed by atoms with van der Waals surface area (Å²) in [6.07, 6.45) is 1.90. The van der Waals surface area contributed by atoms with Crippen molar-refractivity contribution >= 4 is 39.1 Å². The van der Waals surface area contributed by atoms with Crippen LogP contribution in [0.25, 0.3) is 0 Å². The summed E-state index contributed by atoms with van der Waals surface area (Å²) >= 11 is 6.52. The van der Waals surface area contributed by atoms with Gasteiger partial charge in [-0.1, -0.05) is 97.7 Å². The third-order valence-electron chi connectivity index (χ3n) is 7.32. The van der Waals surface area contributed by atoms with Crippen LogP contribution in [-0.4, -0.2) is 51.4 Å². The maximum Gasteiger partial charge on any atom is 0.264 e. The smallest absolute Gasteiger partial charge is 0.264 e. The summed E-state index contributed by atoms with van der Waals surface area (Å²) in [5.74, 6) is -0.293. The first-order valence-corrected chi connectivity index (χ1v) is 16.6. The van der Waals surface area contributed by atoms with Crippen LogP contribution in [0.15, 0.2) is 114 Å². The average molecular weight is 648 g/mol. The van der Waals surface area contributed by atoms with Crippen molar-refractivity contribution in [3.05, 3.63) is 125 Å². The van der Waals surface area contributed by atoms with Crippen molar-refractivity contribution in [3.63, 3.8) is 0 Å². The fraction of sp³-hybridized carbons (Fsp3) is 0.257. The van der Waals surface area contributed by atoms with E-state index in [0.717, 1.165) is 28.3 Å². The van der Waals surface area contributed by atoms with Crippen LogP contribution in [0, 0.1) is 0 Å². The lowest BCUT2D eigenvalue weighted by atomic mass is 10.0. The molecule has 2 amide bonds. The first kappa shape index (κ1) is 33.6. The normalized spacial score (nSPS) is 11.8. The quantitative estimate of drug-likeness (QED) is 0.157. The molecule has 0 heterocycles. The predicted molar refractivity (Wildman–Crippen MR) is 178 cm³/mol. The molecule has 1 N–H and O–H groups in total. The molecule has 0 aliphatic rings. The van der Waals surface area contributed by atoms with Gasteiger partial charge in [-0.05, 0) is 53.9 Å². The van der Waals surface area contributed by atoms with E-state index in [1.165, 1.54) is 17.0 Å². The van der Waals surface area contributed by atoms with Crippen LogP contribution in [0.2, 0.25) is 5.02 Å². The highest BCUT2D eigenvalue weighted by atomic mass is 35.5. The van der Waals surface area contributed by atoms with Crippen LogP contribution < -0.4 is 14.4 Å². The van der Waals surface area contributed by atoms with Gasteiger partial charge < -0.3 is 15.0 Å². The molecule has 0 aliphatic carbocycles. The number of ether oxygens (including phenoxy) is 1. The molecular weight excluding hydrogens is 610 g/mol. The minimum atomic E-state index is -4.23. The van der Waals surface area contributed by atoms with E-state index in [2.05, 4.69) is 5.32 Å². The molecule has 0 saturated carbocycles. The van der Waals surface area contributed by atoms with Gasteiger partial charge in [0.25, 0.3) is 10.0 Å². The van der Waals surface area contributed by atoms with Gasteiger partial charge in [0.05, 0.1) is 22.7 Å². The summed E-state index contributed by atoms with van der Waals surface area (Å²) in [5.41, 5.74) is 1.73. The number of hydrogen-bond donors (Lipinski definition) is 1. The van der Waals surface area contributed by atoms with E-state index in [1.807, 2.05) is 43.3 Å². The molecule has 0 fully saturated rings. The first-order chi connectivity index (χ1) is 21.7. The Morgan fingerprint density at radius 2 is 1.51 bits per heavy atom. The Balaban J connectivity index is 1.80. The number of halogens is 1. The van der Waals surface area contributed by atoms with Gasteiger partial charge in [-0.15, -0.1) is 0 Å². The number of benzene rings is 4. The van der Waals surface area contributed by atoms with Crippen molar-refractivity contribution in [2.45, 2.75) is 43.7 Å². The highest BCUT2D eigenvalue weighted by Crippen LogP contribution is 2.31.